The second kappa shape index (κ2) is 6.92. The molecule has 1 aromatic rings. The Balaban J connectivity index is 2.67. The van der Waals surface area contributed by atoms with Crippen LogP contribution in [0.1, 0.15) is 36.7 Å². The zero-order valence-corrected chi connectivity index (χ0v) is 11.7. The first kappa shape index (κ1) is 15.2. The lowest BCUT2D eigenvalue weighted by Crippen LogP contribution is -2.35. The van der Waals surface area contributed by atoms with E-state index >= 15 is 0 Å². The second-order valence-corrected chi connectivity index (χ2v) is 5.01. The van der Waals surface area contributed by atoms with Crippen LogP contribution in [-0.4, -0.2) is 35.0 Å². The predicted molar refractivity (Wildman–Crippen MR) is 74.2 cm³/mol. The molecule has 4 heteroatoms. The summed E-state index contributed by atoms with van der Waals surface area (Å²) in [4.78, 5) is 24.7. The topological polar surface area (TPSA) is 57.6 Å². The van der Waals surface area contributed by atoms with Crippen LogP contribution in [0.15, 0.2) is 24.3 Å². The maximum absolute atomic E-state index is 12.1. The molecule has 0 aliphatic rings. The van der Waals surface area contributed by atoms with Crippen LogP contribution in [0.5, 0.6) is 0 Å². The zero-order chi connectivity index (χ0) is 14.4. The lowest BCUT2D eigenvalue weighted by atomic mass is 10.1. The van der Waals surface area contributed by atoms with Crippen molar-refractivity contribution in [1.29, 1.82) is 0 Å². The van der Waals surface area contributed by atoms with E-state index in [-0.39, 0.29) is 11.5 Å². The summed E-state index contributed by atoms with van der Waals surface area (Å²) in [6.07, 6.45) is 0.320. The summed E-state index contributed by atoms with van der Waals surface area (Å²) in [7, 11) is 0. The summed E-state index contributed by atoms with van der Waals surface area (Å²) in [5.74, 6) is -0.426. The molecule has 0 fully saturated rings. The summed E-state index contributed by atoms with van der Waals surface area (Å²) in [6, 6.07) is 6.46. The molecule has 0 aliphatic heterocycles. The van der Waals surface area contributed by atoms with Crippen LogP contribution in [0.25, 0.3) is 0 Å². The molecular weight excluding hydrogens is 242 g/mol. The van der Waals surface area contributed by atoms with Gasteiger partial charge < -0.3 is 10.0 Å². The molecule has 0 aliphatic carbocycles. The summed E-state index contributed by atoms with van der Waals surface area (Å²) in [5, 5.41) is 8.81. The van der Waals surface area contributed by atoms with Crippen molar-refractivity contribution in [3.63, 3.8) is 0 Å². The van der Waals surface area contributed by atoms with Crippen molar-refractivity contribution in [3.8, 4) is 0 Å². The molecule has 0 aromatic heterocycles. The Morgan fingerprint density at radius 2 is 1.79 bits per heavy atom. The van der Waals surface area contributed by atoms with Crippen LogP contribution in [0.4, 0.5) is 0 Å². The molecule has 0 spiro atoms. The van der Waals surface area contributed by atoms with Gasteiger partial charge in [0.1, 0.15) is 0 Å². The van der Waals surface area contributed by atoms with Gasteiger partial charge in [-0.05, 0) is 30.5 Å². The number of nitrogens with zero attached hydrogens (tertiary/aromatic N) is 1. The number of carboxylic acids is 1. The van der Waals surface area contributed by atoms with Crippen molar-refractivity contribution in [2.75, 3.05) is 13.1 Å². The third-order valence-corrected chi connectivity index (χ3v) is 2.88. The number of benzene rings is 1. The fourth-order valence-corrected chi connectivity index (χ4v) is 1.90. The first-order chi connectivity index (χ1) is 8.93. The number of hydrogen-bond donors (Lipinski definition) is 1. The zero-order valence-electron chi connectivity index (χ0n) is 11.7. The van der Waals surface area contributed by atoms with Gasteiger partial charge in [-0.2, -0.15) is 0 Å². The molecule has 4 nitrogen and oxygen atoms in total. The smallest absolute Gasteiger partial charge is 0.335 e. The SMILES string of the molecule is CCN(CC(C)C)C(=O)Cc1ccc(C(=O)O)cc1. The van der Waals surface area contributed by atoms with E-state index < -0.39 is 5.97 Å². The van der Waals surface area contributed by atoms with E-state index in [0.29, 0.717) is 18.9 Å². The molecule has 0 atom stereocenters. The predicted octanol–water partition coefficient (Wildman–Crippen LogP) is 2.43. The summed E-state index contributed by atoms with van der Waals surface area (Å²) in [6.45, 7) is 7.58. The van der Waals surface area contributed by atoms with Crippen LogP contribution >= 0.6 is 0 Å². The van der Waals surface area contributed by atoms with Gasteiger partial charge in [-0.3, -0.25) is 4.79 Å². The highest BCUT2D eigenvalue weighted by Gasteiger charge is 2.13. The quantitative estimate of drug-likeness (QED) is 0.857. The van der Waals surface area contributed by atoms with Crippen LogP contribution in [-0.2, 0) is 11.2 Å². The van der Waals surface area contributed by atoms with E-state index in [9.17, 15) is 9.59 Å². The Kier molecular flexibility index (Phi) is 5.55. The minimum atomic E-state index is -0.951. The Hall–Kier alpha value is -1.84. The largest absolute Gasteiger partial charge is 0.478 e. The summed E-state index contributed by atoms with van der Waals surface area (Å²) < 4.78 is 0. The molecule has 1 amide bonds. The fourth-order valence-electron chi connectivity index (χ4n) is 1.90. The first-order valence-electron chi connectivity index (χ1n) is 6.54. The highest BCUT2D eigenvalue weighted by molar-refractivity contribution is 5.87. The van der Waals surface area contributed by atoms with Crippen LogP contribution < -0.4 is 0 Å². The van der Waals surface area contributed by atoms with Crippen LogP contribution in [0, 0.1) is 5.92 Å². The number of carbonyl (C=O) groups is 2. The standard InChI is InChI=1S/C15H21NO3/c1-4-16(10-11(2)3)14(17)9-12-5-7-13(8-6-12)15(18)19/h5-8,11H,4,9-10H2,1-3H3,(H,18,19). The van der Waals surface area contributed by atoms with E-state index in [1.807, 2.05) is 11.8 Å². The molecular formula is C15H21NO3. The second-order valence-electron chi connectivity index (χ2n) is 5.01. The van der Waals surface area contributed by atoms with Crippen LogP contribution in [0.2, 0.25) is 0 Å². The number of carboxylic acid groups (broad SMARTS) is 1. The van der Waals surface area contributed by atoms with Gasteiger partial charge in [-0.25, -0.2) is 4.79 Å². The fraction of sp³-hybridized carbons (Fsp3) is 0.467. The molecule has 0 unspecified atom stereocenters. The average molecular weight is 263 g/mol. The van der Waals surface area contributed by atoms with Gasteiger partial charge in [0.25, 0.3) is 0 Å². The summed E-state index contributed by atoms with van der Waals surface area (Å²) in [5.41, 5.74) is 1.09. The molecule has 1 rings (SSSR count). The Bertz CT molecular complexity index is 437. The number of rotatable bonds is 6. The first-order valence-corrected chi connectivity index (χ1v) is 6.54. The maximum Gasteiger partial charge on any atom is 0.335 e. The van der Waals surface area contributed by atoms with Crippen molar-refractivity contribution in [3.05, 3.63) is 35.4 Å². The summed E-state index contributed by atoms with van der Waals surface area (Å²) >= 11 is 0. The minimum absolute atomic E-state index is 0.0827. The number of likely N-dealkylation sites (N-methyl/N-ethyl adjacent to an activating group) is 1. The Morgan fingerprint density at radius 1 is 1.21 bits per heavy atom. The molecule has 1 aromatic carbocycles. The lowest BCUT2D eigenvalue weighted by molar-refractivity contribution is -0.130. The third-order valence-electron chi connectivity index (χ3n) is 2.88. The Labute approximate surface area is 114 Å². The van der Waals surface area contributed by atoms with Gasteiger partial charge in [0.2, 0.25) is 5.91 Å². The van der Waals surface area contributed by atoms with Crippen molar-refractivity contribution in [2.24, 2.45) is 5.92 Å². The molecule has 0 saturated carbocycles. The van der Waals surface area contributed by atoms with Crippen molar-refractivity contribution >= 4 is 11.9 Å². The highest BCUT2D eigenvalue weighted by Crippen LogP contribution is 2.08. The van der Waals surface area contributed by atoms with Gasteiger partial charge in [0.15, 0.2) is 0 Å². The lowest BCUT2D eigenvalue weighted by Gasteiger charge is -2.23. The van der Waals surface area contributed by atoms with Gasteiger partial charge in [0, 0.05) is 13.1 Å². The third kappa shape index (κ3) is 4.73. The number of carbonyl (C=O) groups excluding carboxylic acids is 1. The van der Waals surface area contributed by atoms with Crippen LogP contribution in [0.3, 0.4) is 0 Å². The number of amides is 1. The van der Waals surface area contributed by atoms with E-state index in [1.165, 1.54) is 12.1 Å². The number of hydrogen-bond acceptors (Lipinski definition) is 2. The van der Waals surface area contributed by atoms with E-state index in [4.69, 9.17) is 5.11 Å². The van der Waals surface area contributed by atoms with Crippen molar-refractivity contribution in [2.45, 2.75) is 27.2 Å². The van der Waals surface area contributed by atoms with Crippen molar-refractivity contribution in [1.82, 2.24) is 4.90 Å². The van der Waals surface area contributed by atoms with E-state index in [0.717, 1.165) is 12.1 Å². The van der Waals surface area contributed by atoms with Gasteiger partial charge in [0.05, 0.1) is 12.0 Å². The minimum Gasteiger partial charge on any atom is -0.478 e. The van der Waals surface area contributed by atoms with Gasteiger partial charge in [-0.15, -0.1) is 0 Å². The van der Waals surface area contributed by atoms with Crippen molar-refractivity contribution < 1.29 is 14.7 Å². The Morgan fingerprint density at radius 3 is 2.21 bits per heavy atom. The average Bonchev–Trinajstić information content (AvgIpc) is 2.36. The van der Waals surface area contributed by atoms with Gasteiger partial charge in [-0.1, -0.05) is 26.0 Å². The normalized spacial score (nSPS) is 10.5. The molecule has 1 N–H and O–H groups in total. The highest BCUT2D eigenvalue weighted by atomic mass is 16.4. The van der Waals surface area contributed by atoms with Gasteiger partial charge >= 0.3 is 5.97 Å². The maximum atomic E-state index is 12.1. The number of aromatic carboxylic acids is 1. The molecule has 0 saturated heterocycles. The molecule has 19 heavy (non-hydrogen) atoms. The monoisotopic (exact) mass is 263 g/mol. The van der Waals surface area contributed by atoms with E-state index in [2.05, 4.69) is 13.8 Å². The molecule has 104 valence electrons. The molecule has 0 bridgehead atoms. The molecule has 0 radical (unpaired) electrons. The van der Waals surface area contributed by atoms with E-state index in [1.54, 1.807) is 12.1 Å². The molecule has 0 heterocycles.